The Labute approximate surface area is 126 Å². The number of benzene rings is 1. The third kappa shape index (κ3) is 4.05. The zero-order valence-electron chi connectivity index (χ0n) is 12.1. The summed E-state index contributed by atoms with van der Waals surface area (Å²) in [6, 6.07) is 6.46. The number of aryl methyl sites for hydroxylation is 1. The molecule has 1 heterocycles. The summed E-state index contributed by atoms with van der Waals surface area (Å²) in [5, 5.41) is 12.4. The van der Waals surface area contributed by atoms with Crippen LogP contribution in [0.2, 0.25) is 0 Å². The Morgan fingerprint density at radius 3 is 2.82 bits per heavy atom. The van der Waals surface area contributed by atoms with E-state index < -0.39 is 11.9 Å². The number of likely N-dealkylation sites (N-methyl/N-ethyl adjacent to an activating group) is 1. The van der Waals surface area contributed by atoms with Crippen molar-refractivity contribution in [1.82, 2.24) is 15.0 Å². The molecule has 2 aromatic rings. The molecule has 0 spiro atoms. The number of aromatic nitrogens is 2. The highest BCUT2D eigenvalue weighted by Crippen LogP contribution is 2.16. The summed E-state index contributed by atoms with van der Waals surface area (Å²) in [7, 11) is 1.42. The molecule has 0 aliphatic heterocycles. The van der Waals surface area contributed by atoms with Crippen molar-refractivity contribution in [2.75, 3.05) is 13.6 Å². The maximum absolute atomic E-state index is 12.1. The molecule has 0 bridgehead atoms. The minimum Gasteiger partial charge on any atom is -0.485 e. The molecule has 1 amide bonds. The maximum Gasteiger partial charge on any atom is 0.323 e. The van der Waals surface area contributed by atoms with Crippen LogP contribution in [0, 0.1) is 6.92 Å². The van der Waals surface area contributed by atoms with Crippen LogP contribution in [0.4, 0.5) is 0 Å². The summed E-state index contributed by atoms with van der Waals surface area (Å²) in [5.41, 5.74) is 0.338. The predicted molar refractivity (Wildman–Crippen MR) is 74.4 cm³/mol. The Balaban J connectivity index is 2.03. The first-order valence-electron chi connectivity index (χ1n) is 6.45. The Bertz CT molecular complexity index is 683. The molecule has 0 atom stereocenters. The standard InChI is InChI=1S/C14H15N3O5/c1-9-15-12(16-22-9)8-21-11-5-3-4-10(6-11)14(20)17(2)7-13(18)19/h3-6H,7-8H2,1-2H3,(H,18,19). The van der Waals surface area contributed by atoms with E-state index in [0.717, 1.165) is 4.90 Å². The number of carbonyl (C=O) groups is 2. The molecule has 0 aliphatic rings. The van der Waals surface area contributed by atoms with Crippen molar-refractivity contribution >= 4 is 11.9 Å². The van der Waals surface area contributed by atoms with Gasteiger partial charge in [0.2, 0.25) is 11.7 Å². The van der Waals surface area contributed by atoms with Gasteiger partial charge in [-0.25, -0.2) is 0 Å². The van der Waals surface area contributed by atoms with Crippen molar-refractivity contribution < 1.29 is 24.0 Å². The molecule has 1 aromatic heterocycles. The number of hydrogen-bond donors (Lipinski definition) is 1. The third-order valence-electron chi connectivity index (χ3n) is 2.74. The van der Waals surface area contributed by atoms with Crippen LogP contribution < -0.4 is 4.74 Å². The molecule has 0 saturated carbocycles. The first kappa shape index (κ1) is 15.5. The number of rotatable bonds is 6. The average molecular weight is 305 g/mol. The Kier molecular flexibility index (Phi) is 4.72. The lowest BCUT2D eigenvalue weighted by molar-refractivity contribution is -0.137. The van der Waals surface area contributed by atoms with E-state index in [4.69, 9.17) is 14.4 Å². The number of aliphatic carboxylic acids is 1. The van der Waals surface area contributed by atoms with Gasteiger partial charge in [-0.3, -0.25) is 9.59 Å². The molecule has 0 fully saturated rings. The number of hydrogen-bond acceptors (Lipinski definition) is 6. The summed E-state index contributed by atoms with van der Waals surface area (Å²) in [5.74, 6) is -0.175. The SMILES string of the molecule is Cc1nc(COc2cccc(C(=O)N(C)CC(=O)O)c2)no1. The topological polar surface area (TPSA) is 106 Å². The molecule has 8 heteroatoms. The third-order valence-corrected chi connectivity index (χ3v) is 2.74. The van der Waals surface area contributed by atoms with Gasteiger partial charge in [0.25, 0.3) is 5.91 Å². The molecule has 0 unspecified atom stereocenters. The van der Waals surface area contributed by atoms with Gasteiger partial charge in [0.15, 0.2) is 6.61 Å². The zero-order chi connectivity index (χ0) is 16.1. The van der Waals surface area contributed by atoms with E-state index in [9.17, 15) is 9.59 Å². The summed E-state index contributed by atoms with van der Waals surface area (Å²) in [4.78, 5) is 27.8. The molecule has 0 saturated heterocycles. The van der Waals surface area contributed by atoms with E-state index in [-0.39, 0.29) is 13.2 Å². The summed E-state index contributed by atoms with van der Waals surface area (Å²) < 4.78 is 10.3. The largest absolute Gasteiger partial charge is 0.485 e. The van der Waals surface area contributed by atoms with Gasteiger partial charge >= 0.3 is 5.97 Å². The molecular weight excluding hydrogens is 290 g/mol. The highest BCUT2D eigenvalue weighted by atomic mass is 16.5. The van der Waals surface area contributed by atoms with Crippen LogP contribution in [0.3, 0.4) is 0 Å². The fourth-order valence-corrected chi connectivity index (χ4v) is 1.76. The van der Waals surface area contributed by atoms with E-state index >= 15 is 0 Å². The molecule has 0 aliphatic carbocycles. The van der Waals surface area contributed by atoms with Crippen LogP contribution in [0.15, 0.2) is 28.8 Å². The van der Waals surface area contributed by atoms with Gasteiger partial charge in [-0.05, 0) is 18.2 Å². The Morgan fingerprint density at radius 1 is 1.41 bits per heavy atom. The highest BCUT2D eigenvalue weighted by Gasteiger charge is 2.15. The number of carbonyl (C=O) groups excluding carboxylic acids is 1. The minimum absolute atomic E-state index is 0.111. The lowest BCUT2D eigenvalue weighted by atomic mass is 10.2. The van der Waals surface area contributed by atoms with Crippen LogP contribution in [-0.2, 0) is 11.4 Å². The average Bonchev–Trinajstić information content (AvgIpc) is 2.89. The summed E-state index contributed by atoms with van der Waals surface area (Å²) in [6.07, 6.45) is 0. The van der Waals surface area contributed by atoms with Crippen LogP contribution >= 0.6 is 0 Å². The number of amides is 1. The molecule has 22 heavy (non-hydrogen) atoms. The predicted octanol–water partition coefficient (Wildman–Crippen LogP) is 1.11. The van der Waals surface area contributed by atoms with Gasteiger partial charge in [0.1, 0.15) is 12.3 Å². The molecule has 1 N–H and O–H groups in total. The van der Waals surface area contributed by atoms with Crippen LogP contribution in [-0.4, -0.2) is 45.6 Å². The van der Waals surface area contributed by atoms with E-state index in [0.29, 0.717) is 23.0 Å². The van der Waals surface area contributed by atoms with E-state index in [1.807, 2.05) is 0 Å². The van der Waals surface area contributed by atoms with E-state index in [1.165, 1.54) is 13.1 Å². The quantitative estimate of drug-likeness (QED) is 0.852. The molecule has 8 nitrogen and oxygen atoms in total. The van der Waals surface area contributed by atoms with Crippen molar-refractivity contribution in [3.8, 4) is 5.75 Å². The first-order chi connectivity index (χ1) is 10.5. The van der Waals surface area contributed by atoms with Gasteiger partial charge in [-0.2, -0.15) is 4.98 Å². The van der Waals surface area contributed by atoms with Gasteiger partial charge < -0.3 is 19.3 Å². The van der Waals surface area contributed by atoms with Crippen LogP contribution in [0.1, 0.15) is 22.1 Å². The molecular formula is C14H15N3O5. The molecule has 0 radical (unpaired) electrons. The van der Waals surface area contributed by atoms with Gasteiger partial charge in [0, 0.05) is 19.5 Å². The van der Waals surface area contributed by atoms with Crippen molar-refractivity contribution in [3.05, 3.63) is 41.5 Å². The number of nitrogens with zero attached hydrogens (tertiary/aromatic N) is 3. The lowest BCUT2D eigenvalue weighted by Gasteiger charge is -2.15. The smallest absolute Gasteiger partial charge is 0.323 e. The number of ether oxygens (including phenoxy) is 1. The fourth-order valence-electron chi connectivity index (χ4n) is 1.76. The zero-order valence-corrected chi connectivity index (χ0v) is 12.1. The van der Waals surface area contributed by atoms with Crippen LogP contribution in [0.5, 0.6) is 5.75 Å². The Hall–Kier alpha value is -2.90. The summed E-state index contributed by atoms with van der Waals surface area (Å²) >= 11 is 0. The highest BCUT2D eigenvalue weighted by molar-refractivity contribution is 5.95. The molecule has 1 aromatic carbocycles. The minimum atomic E-state index is -1.07. The maximum atomic E-state index is 12.1. The number of carboxylic acids is 1. The van der Waals surface area contributed by atoms with E-state index in [1.54, 1.807) is 25.1 Å². The second-order valence-electron chi connectivity index (χ2n) is 4.60. The Morgan fingerprint density at radius 2 is 2.18 bits per heavy atom. The fraction of sp³-hybridized carbons (Fsp3) is 0.286. The second kappa shape index (κ2) is 6.70. The van der Waals surface area contributed by atoms with E-state index in [2.05, 4.69) is 10.1 Å². The lowest BCUT2D eigenvalue weighted by Crippen LogP contribution is -2.31. The van der Waals surface area contributed by atoms with Crippen LogP contribution in [0.25, 0.3) is 0 Å². The van der Waals surface area contributed by atoms with Gasteiger partial charge in [0.05, 0.1) is 0 Å². The van der Waals surface area contributed by atoms with Gasteiger partial charge in [-0.1, -0.05) is 11.2 Å². The van der Waals surface area contributed by atoms with Crippen molar-refractivity contribution in [2.45, 2.75) is 13.5 Å². The van der Waals surface area contributed by atoms with Crippen molar-refractivity contribution in [2.24, 2.45) is 0 Å². The first-order valence-corrected chi connectivity index (χ1v) is 6.45. The second-order valence-corrected chi connectivity index (χ2v) is 4.60. The normalized spacial score (nSPS) is 10.3. The molecule has 116 valence electrons. The van der Waals surface area contributed by atoms with Gasteiger partial charge in [-0.15, -0.1) is 0 Å². The monoisotopic (exact) mass is 305 g/mol. The number of carboxylic acid groups (broad SMARTS) is 1. The van der Waals surface area contributed by atoms with Crippen molar-refractivity contribution in [3.63, 3.8) is 0 Å². The molecule has 2 rings (SSSR count). The van der Waals surface area contributed by atoms with Crippen molar-refractivity contribution in [1.29, 1.82) is 0 Å². The summed E-state index contributed by atoms with van der Waals surface area (Å²) in [6.45, 7) is 1.42.